The SMILES string of the molecule is Cn1ncc2c(=O)n(CCC(=O)Nc3cccc(C(=O)NC4CC4)c3)cnc21. The minimum atomic E-state index is -0.252. The number of fused-ring (bicyclic) bond motifs is 1. The minimum Gasteiger partial charge on any atom is -0.349 e. The van der Waals surface area contributed by atoms with Crippen molar-refractivity contribution in [3.8, 4) is 0 Å². The second-order valence-electron chi connectivity index (χ2n) is 6.88. The van der Waals surface area contributed by atoms with Crippen LogP contribution in [-0.2, 0) is 18.4 Å². The monoisotopic (exact) mass is 380 g/mol. The van der Waals surface area contributed by atoms with Gasteiger partial charge in [0.15, 0.2) is 5.65 Å². The van der Waals surface area contributed by atoms with Crippen LogP contribution >= 0.6 is 0 Å². The Balaban J connectivity index is 1.39. The lowest BCUT2D eigenvalue weighted by atomic mass is 10.2. The number of hydrogen-bond acceptors (Lipinski definition) is 5. The molecular weight excluding hydrogens is 360 g/mol. The number of carbonyl (C=O) groups excluding carboxylic acids is 2. The molecule has 1 aliphatic rings. The third-order valence-electron chi connectivity index (χ3n) is 4.62. The molecule has 1 aromatic carbocycles. The van der Waals surface area contributed by atoms with Crippen molar-refractivity contribution >= 4 is 28.5 Å². The number of nitrogens with one attached hydrogen (secondary N) is 2. The third kappa shape index (κ3) is 3.78. The summed E-state index contributed by atoms with van der Waals surface area (Å²) in [6, 6.07) is 7.07. The summed E-state index contributed by atoms with van der Waals surface area (Å²) in [4.78, 5) is 41.0. The molecule has 9 nitrogen and oxygen atoms in total. The fourth-order valence-corrected chi connectivity index (χ4v) is 2.91. The molecular formula is C19H20N6O3. The third-order valence-corrected chi connectivity index (χ3v) is 4.62. The summed E-state index contributed by atoms with van der Waals surface area (Å²) in [5.74, 6) is -0.390. The van der Waals surface area contributed by atoms with Gasteiger partial charge in [-0.1, -0.05) is 6.07 Å². The van der Waals surface area contributed by atoms with Crippen molar-refractivity contribution in [1.82, 2.24) is 24.6 Å². The molecule has 144 valence electrons. The Bertz CT molecular complexity index is 1110. The Kier molecular flexibility index (Phi) is 4.64. The molecule has 2 heterocycles. The van der Waals surface area contributed by atoms with E-state index < -0.39 is 0 Å². The van der Waals surface area contributed by atoms with E-state index in [1.165, 1.54) is 21.8 Å². The topological polar surface area (TPSA) is 111 Å². The first-order valence-electron chi connectivity index (χ1n) is 9.09. The van der Waals surface area contributed by atoms with Gasteiger partial charge in [-0.25, -0.2) is 4.98 Å². The fourth-order valence-electron chi connectivity index (χ4n) is 2.91. The van der Waals surface area contributed by atoms with E-state index in [2.05, 4.69) is 20.7 Å². The van der Waals surface area contributed by atoms with Crippen LogP contribution < -0.4 is 16.2 Å². The molecule has 0 saturated heterocycles. The van der Waals surface area contributed by atoms with Crippen molar-refractivity contribution in [2.45, 2.75) is 31.8 Å². The second kappa shape index (κ2) is 7.26. The van der Waals surface area contributed by atoms with E-state index in [1.807, 2.05) is 0 Å². The van der Waals surface area contributed by atoms with E-state index in [9.17, 15) is 14.4 Å². The van der Waals surface area contributed by atoms with Crippen LogP contribution in [0.4, 0.5) is 5.69 Å². The number of aromatic nitrogens is 4. The Morgan fingerprint density at radius 3 is 2.89 bits per heavy atom. The van der Waals surface area contributed by atoms with Gasteiger partial charge in [0.25, 0.3) is 11.5 Å². The van der Waals surface area contributed by atoms with Crippen LogP contribution in [0.1, 0.15) is 29.6 Å². The maximum absolute atomic E-state index is 12.4. The van der Waals surface area contributed by atoms with Gasteiger partial charge in [-0.3, -0.25) is 23.6 Å². The zero-order chi connectivity index (χ0) is 19.7. The Morgan fingerprint density at radius 2 is 2.11 bits per heavy atom. The molecule has 28 heavy (non-hydrogen) atoms. The van der Waals surface area contributed by atoms with Gasteiger partial charge in [-0.15, -0.1) is 0 Å². The van der Waals surface area contributed by atoms with Crippen LogP contribution in [0, 0.1) is 0 Å². The fraction of sp³-hybridized carbons (Fsp3) is 0.316. The van der Waals surface area contributed by atoms with E-state index in [1.54, 1.807) is 31.3 Å². The van der Waals surface area contributed by atoms with Gasteiger partial charge in [-0.2, -0.15) is 5.10 Å². The van der Waals surface area contributed by atoms with E-state index in [0.717, 1.165) is 12.8 Å². The normalized spacial score (nSPS) is 13.5. The first kappa shape index (κ1) is 17.9. The molecule has 0 bridgehead atoms. The number of carbonyl (C=O) groups is 2. The lowest BCUT2D eigenvalue weighted by Crippen LogP contribution is -2.25. The zero-order valence-corrected chi connectivity index (χ0v) is 15.4. The summed E-state index contributed by atoms with van der Waals surface area (Å²) in [5.41, 5.74) is 1.32. The van der Waals surface area contributed by atoms with Gasteiger partial charge < -0.3 is 10.6 Å². The molecule has 0 unspecified atom stereocenters. The number of aryl methyl sites for hydroxylation is 2. The molecule has 2 amide bonds. The van der Waals surface area contributed by atoms with E-state index in [0.29, 0.717) is 22.3 Å². The highest BCUT2D eigenvalue weighted by molar-refractivity contribution is 5.97. The van der Waals surface area contributed by atoms with Gasteiger partial charge in [0.2, 0.25) is 5.91 Å². The molecule has 3 aromatic rings. The minimum absolute atomic E-state index is 0.103. The van der Waals surface area contributed by atoms with Crippen molar-refractivity contribution < 1.29 is 9.59 Å². The zero-order valence-electron chi connectivity index (χ0n) is 15.4. The number of amides is 2. The highest BCUT2D eigenvalue weighted by Gasteiger charge is 2.23. The maximum Gasteiger partial charge on any atom is 0.264 e. The smallest absolute Gasteiger partial charge is 0.264 e. The molecule has 1 fully saturated rings. The van der Waals surface area contributed by atoms with Crippen LogP contribution in [0.2, 0.25) is 0 Å². The van der Waals surface area contributed by atoms with Gasteiger partial charge in [0.1, 0.15) is 5.39 Å². The lowest BCUT2D eigenvalue weighted by Gasteiger charge is -2.09. The summed E-state index contributed by atoms with van der Waals surface area (Å²) in [5, 5.41) is 10.1. The number of nitrogens with zero attached hydrogens (tertiary/aromatic N) is 4. The largest absolute Gasteiger partial charge is 0.349 e. The molecule has 4 rings (SSSR count). The summed E-state index contributed by atoms with van der Waals surface area (Å²) in [7, 11) is 1.71. The van der Waals surface area contributed by atoms with Crippen molar-refractivity contribution in [3.05, 3.63) is 52.7 Å². The maximum atomic E-state index is 12.4. The number of hydrogen-bond donors (Lipinski definition) is 2. The van der Waals surface area contributed by atoms with Gasteiger partial charge in [-0.05, 0) is 31.0 Å². The average molecular weight is 380 g/mol. The van der Waals surface area contributed by atoms with Crippen molar-refractivity contribution in [2.24, 2.45) is 7.05 Å². The molecule has 2 aromatic heterocycles. The summed E-state index contributed by atoms with van der Waals surface area (Å²) in [6.07, 6.45) is 5.02. The molecule has 0 aliphatic heterocycles. The van der Waals surface area contributed by atoms with E-state index in [-0.39, 0.29) is 36.4 Å². The van der Waals surface area contributed by atoms with Crippen molar-refractivity contribution in [2.75, 3.05) is 5.32 Å². The summed E-state index contributed by atoms with van der Waals surface area (Å²) in [6.45, 7) is 0.199. The Hall–Kier alpha value is -3.49. The van der Waals surface area contributed by atoms with Gasteiger partial charge >= 0.3 is 0 Å². The first-order chi connectivity index (χ1) is 13.5. The predicted octanol–water partition coefficient (Wildman–Crippen LogP) is 1.05. The molecule has 0 atom stereocenters. The van der Waals surface area contributed by atoms with Crippen LogP contribution in [0.5, 0.6) is 0 Å². The predicted molar refractivity (Wildman–Crippen MR) is 103 cm³/mol. The highest BCUT2D eigenvalue weighted by atomic mass is 16.2. The lowest BCUT2D eigenvalue weighted by molar-refractivity contribution is -0.116. The number of anilines is 1. The summed E-state index contributed by atoms with van der Waals surface area (Å²) < 4.78 is 2.92. The molecule has 0 radical (unpaired) electrons. The molecule has 9 heteroatoms. The van der Waals surface area contributed by atoms with Crippen LogP contribution in [0.3, 0.4) is 0 Å². The second-order valence-corrected chi connectivity index (χ2v) is 6.88. The van der Waals surface area contributed by atoms with Crippen molar-refractivity contribution in [1.29, 1.82) is 0 Å². The van der Waals surface area contributed by atoms with Gasteiger partial charge in [0, 0.05) is 37.3 Å². The van der Waals surface area contributed by atoms with Crippen molar-refractivity contribution in [3.63, 3.8) is 0 Å². The molecule has 1 saturated carbocycles. The number of rotatable bonds is 6. The van der Waals surface area contributed by atoms with E-state index in [4.69, 9.17) is 0 Å². The quantitative estimate of drug-likeness (QED) is 0.664. The van der Waals surface area contributed by atoms with Crippen LogP contribution in [0.25, 0.3) is 11.0 Å². The number of benzene rings is 1. The summed E-state index contributed by atoms with van der Waals surface area (Å²) >= 11 is 0. The molecule has 0 spiro atoms. The standard InChI is InChI=1S/C19H20N6O3/c1-24-17-15(10-21-24)19(28)25(11-20-17)8-7-16(26)22-14-4-2-3-12(9-14)18(27)23-13-5-6-13/h2-4,9-11,13H,5-8H2,1H3,(H,22,26)(H,23,27). The average Bonchev–Trinajstić information content (AvgIpc) is 3.42. The highest BCUT2D eigenvalue weighted by Crippen LogP contribution is 2.20. The molecule has 2 N–H and O–H groups in total. The molecule has 1 aliphatic carbocycles. The van der Waals surface area contributed by atoms with Crippen LogP contribution in [0.15, 0.2) is 41.6 Å². The Morgan fingerprint density at radius 1 is 1.29 bits per heavy atom. The van der Waals surface area contributed by atoms with Gasteiger partial charge in [0.05, 0.1) is 12.5 Å². The Labute approximate surface area is 160 Å². The van der Waals surface area contributed by atoms with E-state index >= 15 is 0 Å². The first-order valence-corrected chi connectivity index (χ1v) is 9.09. The van der Waals surface area contributed by atoms with Crippen LogP contribution in [-0.4, -0.2) is 37.2 Å².